The van der Waals surface area contributed by atoms with Crippen LogP contribution < -0.4 is 10.3 Å². The maximum Gasteiger partial charge on any atom is 0.287 e. The second-order valence-electron chi connectivity index (χ2n) is 6.29. The van der Waals surface area contributed by atoms with Gasteiger partial charge in [-0.3, -0.25) is 4.79 Å². The number of benzene rings is 1. The maximum atomic E-state index is 14.2. The van der Waals surface area contributed by atoms with Crippen molar-refractivity contribution in [3.05, 3.63) is 85.0 Å². The van der Waals surface area contributed by atoms with Gasteiger partial charge in [0.05, 0.1) is 10.0 Å². The molecule has 0 amide bonds. The first-order valence-corrected chi connectivity index (χ1v) is 9.06. The summed E-state index contributed by atoms with van der Waals surface area (Å²) in [5.41, 5.74) is -0.804. The highest BCUT2D eigenvalue weighted by atomic mass is 35.5. The highest BCUT2D eigenvalue weighted by Gasteiger charge is 2.32. The summed E-state index contributed by atoms with van der Waals surface area (Å²) in [4.78, 5) is 18.9. The van der Waals surface area contributed by atoms with Crippen molar-refractivity contribution in [3.63, 3.8) is 0 Å². The highest BCUT2D eigenvalue weighted by molar-refractivity contribution is 6.42. The second-order valence-corrected chi connectivity index (χ2v) is 7.10. The molecule has 2 heterocycles. The summed E-state index contributed by atoms with van der Waals surface area (Å²) < 4.78 is 28.8. The van der Waals surface area contributed by atoms with Crippen molar-refractivity contribution in [1.82, 2.24) is 9.97 Å². The Morgan fingerprint density at radius 2 is 1.93 bits per heavy atom. The Morgan fingerprint density at radius 1 is 1.18 bits per heavy atom. The van der Waals surface area contributed by atoms with Crippen LogP contribution in [-0.2, 0) is 18.8 Å². The molecule has 28 heavy (non-hydrogen) atoms. The predicted octanol–water partition coefficient (Wildman–Crippen LogP) is 4.27. The normalized spacial score (nSPS) is 11.6. The lowest BCUT2D eigenvalue weighted by Gasteiger charge is -2.15. The fraction of sp³-hybridized carbons (Fsp3) is 0.211. The van der Waals surface area contributed by atoms with Crippen molar-refractivity contribution in [2.24, 2.45) is 0 Å². The van der Waals surface area contributed by atoms with E-state index in [0.29, 0.717) is 21.7 Å². The predicted molar refractivity (Wildman–Crippen MR) is 103 cm³/mol. The summed E-state index contributed by atoms with van der Waals surface area (Å²) in [6, 6.07) is 9.34. The number of pyridine rings is 1. The van der Waals surface area contributed by atoms with Crippen LogP contribution in [0.5, 0.6) is 0 Å². The van der Waals surface area contributed by atoms with Gasteiger partial charge in [-0.15, -0.1) is 0 Å². The summed E-state index contributed by atoms with van der Waals surface area (Å²) in [7, 11) is 0. The first-order chi connectivity index (χ1) is 13.2. The third-order valence-electron chi connectivity index (χ3n) is 4.15. The number of alkyl halides is 2. The van der Waals surface area contributed by atoms with Gasteiger partial charge in [0.2, 0.25) is 5.82 Å². The van der Waals surface area contributed by atoms with Crippen LogP contribution in [-0.4, -0.2) is 9.97 Å². The number of hydrogen-bond donors (Lipinski definition) is 1. The standard InChI is InChI=1S/C19H15Cl2F2N3O2/c1-19(22,23)16-12(7-5-11-6-8-13(20)14(21)10-11)18(27)25-17(24-16)15-4-2-3-9-26(15)28/h2-4,6,8-10H,5,7H2,1H3,(H,24,25,27). The molecule has 0 radical (unpaired) electrons. The molecule has 3 rings (SSSR count). The quantitative estimate of drug-likeness (QED) is 0.489. The topological polar surface area (TPSA) is 72.7 Å². The molecule has 2 aromatic heterocycles. The van der Waals surface area contributed by atoms with Crippen molar-refractivity contribution in [2.45, 2.75) is 25.7 Å². The number of halogens is 4. The molecule has 0 spiro atoms. The van der Waals surface area contributed by atoms with Gasteiger partial charge in [0.25, 0.3) is 17.2 Å². The first-order valence-electron chi connectivity index (χ1n) is 8.31. The Labute approximate surface area is 169 Å². The number of aromatic amines is 1. The number of aromatic nitrogens is 3. The van der Waals surface area contributed by atoms with Crippen LogP contribution in [0.25, 0.3) is 11.5 Å². The van der Waals surface area contributed by atoms with Gasteiger partial charge in [-0.05, 0) is 36.6 Å². The SMILES string of the molecule is CC(F)(F)c1nc(-c2cccc[n+]2[O-])[nH]c(=O)c1CCc1ccc(Cl)c(Cl)c1. The number of aryl methyl sites for hydroxylation is 1. The zero-order valence-electron chi connectivity index (χ0n) is 14.7. The fourth-order valence-corrected chi connectivity index (χ4v) is 3.11. The summed E-state index contributed by atoms with van der Waals surface area (Å²) in [6.07, 6.45) is 1.50. The van der Waals surface area contributed by atoms with Crippen molar-refractivity contribution >= 4 is 23.2 Å². The van der Waals surface area contributed by atoms with Gasteiger partial charge in [0, 0.05) is 24.6 Å². The molecule has 0 aliphatic carbocycles. The zero-order valence-corrected chi connectivity index (χ0v) is 16.2. The van der Waals surface area contributed by atoms with E-state index in [-0.39, 0.29) is 29.9 Å². The molecule has 1 N–H and O–H groups in total. The van der Waals surface area contributed by atoms with Crippen LogP contribution in [0, 0.1) is 5.21 Å². The van der Waals surface area contributed by atoms with E-state index in [1.807, 2.05) is 0 Å². The number of hydrogen-bond acceptors (Lipinski definition) is 3. The van der Waals surface area contributed by atoms with Gasteiger partial charge in [0.15, 0.2) is 6.20 Å². The smallest absolute Gasteiger partial charge is 0.287 e. The highest BCUT2D eigenvalue weighted by Crippen LogP contribution is 2.29. The Balaban J connectivity index is 2.02. The van der Waals surface area contributed by atoms with E-state index in [2.05, 4.69) is 9.97 Å². The lowest BCUT2D eigenvalue weighted by Crippen LogP contribution is -2.31. The van der Waals surface area contributed by atoms with E-state index in [0.717, 1.165) is 5.56 Å². The lowest BCUT2D eigenvalue weighted by atomic mass is 10.0. The van der Waals surface area contributed by atoms with Crippen molar-refractivity contribution in [3.8, 4) is 11.5 Å². The van der Waals surface area contributed by atoms with Crippen LogP contribution >= 0.6 is 23.2 Å². The van der Waals surface area contributed by atoms with Gasteiger partial charge < -0.3 is 10.2 Å². The zero-order chi connectivity index (χ0) is 20.5. The monoisotopic (exact) mass is 425 g/mol. The summed E-state index contributed by atoms with van der Waals surface area (Å²) in [6.45, 7) is 0.664. The van der Waals surface area contributed by atoms with Gasteiger partial charge >= 0.3 is 0 Å². The van der Waals surface area contributed by atoms with Gasteiger partial charge in [-0.2, -0.15) is 13.5 Å². The third kappa shape index (κ3) is 4.31. The van der Waals surface area contributed by atoms with Crippen molar-refractivity contribution in [2.75, 3.05) is 0 Å². The van der Waals surface area contributed by atoms with Crippen LogP contribution in [0.15, 0.2) is 47.4 Å². The number of rotatable bonds is 5. The summed E-state index contributed by atoms with van der Waals surface area (Å²) >= 11 is 11.8. The number of nitrogens with zero attached hydrogens (tertiary/aromatic N) is 2. The Morgan fingerprint density at radius 3 is 2.57 bits per heavy atom. The van der Waals surface area contributed by atoms with Crippen LogP contribution in [0.1, 0.15) is 23.7 Å². The van der Waals surface area contributed by atoms with E-state index in [4.69, 9.17) is 23.2 Å². The molecule has 0 saturated carbocycles. The van der Waals surface area contributed by atoms with Crippen LogP contribution in [0.2, 0.25) is 10.0 Å². The minimum Gasteiger partial charge on any atom is -0.618 e. The van der Waals surface area contributed by atoms with Crippen molar-refractivity contribution < 1.29 is 13.5 Å². The third-order valence-corrected chi connectivity index (χ3v) is 4.88. The van der Waals surface area contributed by atoms with E-state index < -0.39 is 17.2 Å². The molecule has 1 aromatic carbocycles. The van der Waals surface area contributed by atoms with Gasteiger partial charge in [-0.25, -0.2) is 4.98 Å². The van der Waals surface area contributed by atoms with E-state index >= 15 is 0 Å². The number of H-pyrrole nitrogens is 1. The molecule has 5 nitrogen and oxygen atoms in total. The molecule has 0 saturated heterocycles. The minimum atomic E-state index is -3.36. The average molecular weight is 426 g/mol. The first kappa shape index (κ1) is 20.2. The van der Waals surface area contributed by atoms with E-state index in [9.17, 15) is 18.8 Å². The number of nitrogens with one attached hydrogen (secondary N) is 1. The molecular weight excluding hydrogens is 411 g/mol. The average Bonchev–Trinajstić information content (AvgIpc) is 2.62. The Bertz CT molecular complexity index is 1080. The molecule has 0 aliphatic heterocycles. The summed E-state index contributed by atoms with van der Waals surface area (Å²) in [5.74, 6) is -3.58. The second kappa shape index (κ2) is 7.85. The minimum absolute atomic E-state index is 0.0193. The largest absolute Gasteiger partial charge is 0.618 e. The fourth-order valence-electron chi connectivity index (χ4n) is 2.79. The Kier molecular flexibility index (Phi) is 5.67. The van der Waals surface area contributed by atoms with E-state index in [1.165, 1.54) is 18.3 Å². The van der Waals surface area contributed by atoms with Gasteiger partial charge in [0.1, 0.15) is 5.69 Å². The molecular formula is C19H15Cl2F2N3O2. The molecule has 146 valence electrons. The molecule has 0 atom stereocenters. The van der Waals surface area contributed by atoms with Crippen LogP contribution in [0.4, 0.5) is 8.78 Å². The summed E-state index contributed by atoms with van der Waals surface area (Å²) in [5, 5.41) is 12.6. The van der Waals surface area contributed by atoms with Gasteiger partial charge in [-0.1, -0.05) is 29.3 Å². The lowest BCUT2D eigenvalue weighted by molar-refractivity contribution is -0.594. The maximum absolute atomic E-state index is 14.2. The molecule has 0 fully saturated rings. The Hall–Kier alpha value is -2.51. The van der Waals surface area contributed by atoms with Crippen LogP contribution in [0.3, 0.4) is 0 Å². The van der Waals surface area contributed by atoms with Crippen molar-refractivity contribution in [1.29, 1.82) is 0 Å². The molecule has 0 aliphatic rings. The molecule has 0 unspecified atom stereocenters. The molecule has 9 heteroatoms. The van der Waals surface area contributed by atoms with E-state index in [1.54, 1.807) is 24.3 Å². The molecule has 3 aromatic rings. The molecule has 0 bridgehead atoms.